The molecule has 0 heterocycles. The SMILES string of the molecule is CCOC(=O)C1(F)CC1c1ccc(S(N)(=O)=O)cc1. The highest BCUT2D eigenvalue weighted by molar-refractivity contribution is 7.89. The summed E-state index contributed by atoms with van der Waals surface area (Å²) in [7, 11) is -3.76. The lowest BCUT2D eigenvalue weighted by Crippen LogP contribution is -2.22. The molecular formula is C12H14FNO4S. The number of nitrogens with two attached hydrogens (primary N) is 1. The normalized spacial score (nSPS) is 25.9. The highest BCUT2D eigenvalue weighted by Gasteiger charge is 2.63. The van der Waals surface area contributed by atoms with Crippen LogP contribution in [0.25, 0.3) is 0 Å². The summed E-state index contributed by atoms with van der Waals surface area (Å²) < 4.78 is 41.0. The molecule has 7 heteroatoms. The van der Waals surface area contributed by atoms with Gasteiger partial charge in [-0.1, -0.05) is 12.1 Å². The van der Waals surface area contributed by atoms with E-state index in [2.05, 4.69) is 4.74 Å². The number of primary sulfonamides is 1. The van der Waals surface area contributed by atoms with Gasteiger partial charge in [-0.2, -0.15) is 0 Å². The topological polar surface area (TPSA) is 86.5 Å². The Morgan fingerprint density at radius 3 is 2.53 bits per heavy atom. The van der Waals surface area contributed by atoms with Crippen LogP contribution in [0.2, 0.25) is 0 Å². The summed E-state index contributed by atoms with van der Waals surface area (Å²) in [5.41, 5.74) is -1.43. The van der Waals surface area contributed by atoms with E-state index in [9.17, 15) is 17.6 Å². The second kappa shape index (κ2) is 4.57. The van der Waals surface area contributed by atoms with E-state index in [1.54, 1.807) is 6.92 Å². The van der Waals surface area contributed by atoms with Crippen LogP contribution >= 0.6 is 0 Å². The maximum atomic E-state index is 14.1. The van der Waals surface area contributed by atoms with Gasteiger partial charge in [0.25, 0.3) is 0 Å². The third-order valence-corrected chi connectivity index (χ3v) is 4.05. The Kier molecular flexibility index (Phi) is 3.36. The summed E-state index contributed by atoms with van der Waals surface area (Å²) in [6.45, 7) is 1.74. The molecule has 5 nitrogen and oxygen atoms in total. The zero-order chi connectivity index (χ0) is 14.3. The van der Waals surface area contributed by atoms with Crippen LogP contribution < -0.4 is 5.14 Å². The second-order valence-corrected chi connectivity index (χ2v) is 6.02. The fourth-order valence-electron chi connectivity index (χ4n) is 1.99. The molecule has 1 aromatic rings. The lowest BCUT2D eigenvalue weighted by atomic mass is 10.1. The van der Waals surface area contributed by atoms with Gasteiger partial charge in [0.2, 0.25) is 15.7 Å². The van der Waals surface area contributed by atoms with Crippen molar-refractivity contribution in [1.82, 2.24) is 0 Å². The summed E-state index contributed by atoms with van der Waals surface area (Å²) in [5, 5.41) is 4.96. The van der Waals surface area contributed by atoms with Crippen molar-refractivity contribution in [1.29, 1.82) is 0 Å². The monoisotopic (exact) mass is 287 g/mol. The van der Waals surface area contributed by atoms with Gasteiger partial charge in [0.15, 0.2) is 0 Å². The average molecular weight is 287 g/mol. The van der Waals surface area contributed by atoms with Crippen LogP contribution in [0.5, 0.6) is 0 Å². The summed E-state index contributed by atoms with van der Waals surface area (Å²) in [6.07, 6.45) is 0.0561. The minimum Gasteiger partial charge on any atom is -0.464 e. The van der Waals surface area contributed by atoms with E-state index in [-0.39, 0.29) is 17.9 Å². The number of carbonyl (C=O) groups excluding carboxylic acids is 1. The maximum Gasteiger partial charge on any atom is 0.344 e. The summed E-state index contributed by atoms with van der Waals surface area (Å²) >= 11 is 0. The first kappa shape index (κ1) is 14.0. The molecule has 2 unspecified atom stereocenters. The van der Waals surface area contributed by atoms with Crippen molar-refractivity contribution in [3.8, 4) is 0 Å². The molecule has 0 bridgehead atoms. The first-order valence-electron chi connectivity index (χ1n) is 5.78. The van der Waals surface area contributed by atoms with Gasteiger partial charge in [0.05, 0.1) is 11.5 Å². The number of rotatable bonds is 4. The van der Waals surface area contributed by atoms with Crippen molar-refractivity contribution in [2.45, 2.75) is 29.8 Å². The van der Waals surface area contributed by atoms with Gasteiger partial charge in [-0.05, 0) is 24.6 Å². The first-order valence-corrected chi connectivity index (χ1v) is 7.32. The zero-order valence-electron chi connectivity index (χ0n) is 10.3. The van der Waals surface area contributed by atoms with Gasteiger partial charge in [0, 0.05) is 12.3 Å². The fraction of sp³-hybridized carbons (Fsp3) is 0.417. The smallest absolute Gasteiger partial charge is 0.344 e. The average Bonchev–Trinajstić information content (AvgIpc) is 3.03. The highest BCUT2D eigenvalue weighted by Crippen LogP contribution is 2.55. The maximum absolute atomic E-state index is 14.1. The van der Waals surface area contributed by atoms with Crippen molar-refractivity contribution in [3.05, 3.63) is 29.8 Å². The molecule has 1 aliphatic rings. The molecule has 0 spiro atoms. The first-order chi connectivity index (χ1) is 8.79. The van der Waals surface area contributed by atoms with E-state index in [0.29, 0.717) is 5.56 Å². The summed E-state index contributed by atoms with van der Waals surface area (Å²) in [5.74, 6) is -1.45. The molecule has 1 saturated carbocycles. The van der Waals surface area contributed by atoms with Crippen LogP contribution in [0.1, 0.15) is 24.8 Å². The Morgan fingerprint density at radius 2 is 2.05 bits per heavy atom. The van der Waals surface area contributed by atoms with Crippen LogP contribution in [0.15, 0.2) is 29.2 Å². The van der Waals surface area contributed by atoms with E-state index in [4.69, 9.17) is 5.14 Å². The molecule has 104 valence electrons. The van der Waals surface area contributed by atoms with E-state index < -0.39 is 27.6 Å². The quantitative estimate of drug-likeness (QED) is 0.840. The third-order valence-electron chi connectivity index (χ3n) is 3.12. The lowest BCUT2D eigenvalue weighted by Gasteiger charge is -2.07. The number of benzene rings is 1. The molecule has 1 fully saturated rings. The lowest BCUT2D eigenvalue weighted by molar-refractivity contribution is -0.151. The number of hydrogen-bond donors (Lipinski definition) is 1. The number of ether oxygens (including phenoxy) is 1. The van der Waals surface area contributed by atoms with Gasteiger partial charge in [0.1, 0.15) is 0 Å². The van der Waals surface area contributed by atoms with Crippen LogP contribution in [0.4, 0.5) is 4.39 Å². The molecule has 2 N–H and O–H groups in total. The number of sulfonamides is 1. The summed E-state index contributed by atoms with van der Waals surface area (Å²) in [4.78, 5) is 11.4. The van der Waals surface area contributed by atoms with Gasteiger partial charge < -0.3 is 4.74 Å². The van der Waals surface area contributed by atoms with E-state index in [0.717, 1.165) is 0 Å². The molecule has 1 aromatic carbocycles. The fourth-order valence-corrected chi connectivity index (χ4v) is 2.50. The minimum absolute atomic E-state index is 0.0440. The van der Waals surface area contributed by atoms with E-state index >= 15 is 0 Å². The number of esters is 1. The minimum atomic E-state index is -3.76. The molecule has 1 aliphatic carbocycles. The predicted molar refractivity (Wildman–Crippen MR) is 65.6 cm³/mol. The molecule has 0 radical (unpaired) electrons. The van der Waals surface area contributed by atoms with Crippen molar-refractivity contribution in [2.24, 2.45) is 5.14 Å². The number of hydrogen-bond acceptors (Lipinski definition) is 4. The Hall–Kier alpha value is -1.47. The van der Waals surface area contributed by atoms with Gasteiger partial charge in [-0.3, -0.25) is 0 Å². The second-order valence-electron chi connectivity index (χ2n) is 4.45. The van der Waals surface area contributed by atoms with E-state index in [1.807, 2.05) is 0 Å². The third kappa shape index (κ3) is 2.62. The van der Waals surface area contributed by atoms with Gasteiger partial charge in [-0.25, -0.2) is 22.7 Å². The number of carbonyl (C=O) groups is 1. The summed E-state index contributed by atoms with van der Waals surface area (Å²) in [6, 6.07) is 5.53. The molecule has 0 amide bonds. The van der Waals surface area contributed by atoms with Crippen LogP contribution in [-0.2, 0) is 19.6 Å². The van der Waals surface area contributed by atoms with Crippen molar-refractivity contribution in [2.75, 3.05) is 6.61 Å². The van der Waals surface area contributed by atoms with Gasteiger partial charge in [-0.15, -0.1) is 0 Å². The molecule has 0 aliphatic heterocycles. The predicted octanol–water partition coefficient (Wildman–Crippen LogP) is 1.09. The molecule has 0 aromatic heterocycles. The molecular weight excluding hydrogens is 273 g/mol. The van der Waals surface area contributed by atoms with Crippen LogP contribution in [0.3, 0.4) is 0 Å². The Labute approximate surface area is 110 Å². The van der Waals surface area contributed by atoms with Crippen molar-refractivity contribution in [3.63, 3.8) is 0 Å². The molecule has 2 atom stereocenters. The molecule has 2 rings (SSSR count). The number of halogens is 1. The zero-order valence-corrected chi connectivity index (χ0v) is 11.1. The molecule has 0 saturated heterocycles. The van der Waals surface area contributed by atoms with Crippen LogP contribution in [-0.4, -0.2) is 26.7 Å². The standard InChI is InChI=1S/C12H14FNO4S/c1-2-18-11(15)12(13)7-10(12)8-3-5-9(6-4-8)19(14,16)17/h3-6,10H,2,7H2,1H3,(H2,14,16,17). The Morgan fingerprint density at radius 1 is 1.47 bits per heavy atom. The highest BCUT2D eigenvalue weighted by atomic mass is 32.2. The van der Waals surface area contributed by atoms with Crippen molar-refractivity contribution < 1.29 is 22.3 Å². The van der Waals surface area contributed by atoms with Crippen molar-refractivity contribution >= 4 is 16.0 Å². The number of alkyl halides is 1. The Bertz CT molecular complexity index is 599. The largest absolute Gasteiger partial charge is 0.464 e. The van der Waals surface area contributed by atoms with E-state index in [1.165, 1.54) is 24.3 Å². The van der Waals surface area contributed by atoms with Crippen LogP contribution in [0, 0.1) is 0 Å². The van der Waals surface area contributed by atoms with Gasteiger partial charge >= 0.3 is 5.97 Å². The Balaban J connectivity index is 2.16. The molecule has 19 heavy (non-hydrogen) atoms.